The molecule has 0 radical (unpaired) electrons. The monoisotopic (exact) mass is 504 g/mol. The lowest BCUT2D eigenvalue weighted by atomic mass is 10.2. The summed E-state index contributed by atoms with van der Waals surface area (Å²) in [5.41, 5.74) is 1.07. The molecule has 1 unspecified atom stereocenters. The minimum Gasteiger partial charge on any atom is -0.319 e. The number of allylic oxidation sites excluding steroid dienone is 11. The van der Waals surface area contributed by atoms with E-state index >= 15 is 0 Å². The second kappa shape index (κ2) is 29.0. The van der Waals surface area contributed by atoms with Crippen molar-refractivity contribution in [1.29, 1.82) is 0 Å². The lowest BCUT2D eigenvalue weighted by Gasteiger charge is -2.22. The molecule has 192 valence electrons. The number of hydrogen-bond acceptors (Lipinski definition) is 3. The molecule has 0 heterocycles. The third-order valence-corrected chi connectivity index (χ3v) is 7.15. The van der Waals surface area contributed by atoms with Crippen molar-refractivity contribution in [1.82, 2.24) is 0 Å². The zero-order valence-corrected chi connectivity index (χ0v) is 25.0. The topological polar surface area (TPSA) is 26.3 Å². The molecule has 0 saturated carbocycles. The van der Waals surface area contributed by atoms with E-state index in [0.29, 0.717) is 5.31 Å². The van der Waals surface area contributed by atoms with Crippen LogP contribution in [0.1, 0.15) is 54.0 Å². The maximum atomic E-state index is 14.2. The predicted octanol–water partition coefficient (Wildman–Crippen LogP) is 10.4. The molecule has 1 atom stereocenters. The van der Waals surface area contributed by atoms with Crippen LogP contribution in [-0.4, -0.2) is 13.4 Å². The van der Waals surface area contributed by atoms with Crippen LogP contribution < -0.4 is 5.30 Å². The molecule has 0 saturated heterocycles. The summed E-state index contributed by atoms with van der Waals surface area (Å²) in [7, 11) is -1.37. The van der Waals surface area contributed by atoms with E-state index in [9.17, 15) is 4.57 Å². The summed E-state index contributed by atoms with van der Waals surface area (Å²) in [6.07, 6.45) is 17.9. The molecule has 0 bridgehead atoms. The van der Waals surface area contributed by atoms with Gasteiger partial charge in [-0.15, -0.1) is 0 Å². The van der Waals surface area contributed by atoms with Crippen LogP contribution in [-0.2, 0) is 8.75 Å². The van der Waals surface area contributed by atoms with E-state index in [1.165, 1.54) is 12.0 Å². The number of rotatable bonds is 9. The molecule has 34 heavy (non-hydrogen) atoms. The van der Waals surface area contributed by atoms with Gasteiger partial charge in [0.1, 0.15) is 0 Å². The van der Waals surface area contributed by atoms with Gasteiger partial charge in [0.25, 0.3) is 0 Å². The Balaban J connectivity index is -0.000000389. The van der Waals surface area contributed by atoms with Crippen LogP contribution in [0.25, 0.3) is 0 Å². The van der Waals surface area contributed by atoms with Crippen LogP contribution in [0.4, 0.5) is 0 Å². The van der Waals surface area contributed by atoms with E-state index in [-0.39, 0.29) is 0 Å². The van der Waals surface area contributed by atoms with Crippen molar-refractivity contribution in [3.05, 3.63) is 115 Å². The molecule has 0 aliphatic heterocycles. The molecule has 0 spiro atoms. The highest BCUT2D eigenvalue weighted by molar-refractivity contribution is 7.93. The zero-order valence-electron chi connectivity index (χ0n) is 23.3. The van der Waals surface area contributed by atoms with E-state index in [2.05, 4.69) is 23.9 Å². The largest absolute Gasteiger partial charge is 0.319 e. The SMILES string of the molecule is C=C/C=C\C(=C/C)P(=O)(C(/C=C\C=C)=C/C=C)c1cccc(C)c1.CC.CC.CC.COSC. The van der Waals surface area contributed by atoms with Crippen LogP contribution in [0.15, 0.2) is 109 Å². The maximum Gasteiger partial charge on any atom is 0.170 e. The molecule has 4 heteroatoms. The van der Waals surface area contributed by atoms with Crippen LogP contribution in [0.3, 0.4) is 0 Å². The molecule has 0 aromatic heterocycles. The van der Waals surface area contributed by atoms with Gasteiger partial charge in [-0.2, -0.15) is 0 Å². The van der Waals surface area contributed by atoms with E-state index < -0.39 is 7.14 Å². The number of hydrogen-bond donors (Lipinski definition) is 0. The molecule has 0 amide bonds. The van der Waals surface area contributed by atoms with Crippen molar-refractivity contribution in [3.63, 3.8) is 0 Å². The van der Waals surface area contributed by atoms with E-state index in [1.54, 1.807) is 43.6 Å². The van der Waals surface area contributed by atoms with Crippen LogP contribution >= 0.6 is 19.2 Å². The summed E-state index contributed by atoms with van der Waals surface area (Å²) in [4.78, 5) is 0. The minimum atomic E-state index is -3.01. The lowest BCUT2D eigenvalue weighted by Crippen LogP contribution is -2.08. The number of aryl methyl sites for hydroxylation is 1. The Hall–Kier alpha value is -2.06. The number of benzene rings is 1. The molecule has 2 nitrogen and oxygen atoms in total. The first-order chi connectivity index (χ1) is 16.5. The van der Waals surface area contributed by atoms with Crippen molar-refractivity contribution in [2.75, 3.05) is 13.4 Å². The van der Waals surface area contributed by atoms with Gasteiger partial charge in [0.2, 0.25) is 0 Å². The first-order valence-corrected chi connectivity index (χ1v) is 14.6. The van der Waals surface area contributed by atoms with Crippen molar-refractivity contribution in [2.45, 2.75) is 55.4 Å². The summed E-state index contributed by atoms with van der Waals surface area (Å²) in [6, 6.07) is 7.83. The fourth-order valence-electron chi connectivity index (χ4n) is 2.37. The van der Waals surface area contributed by atoms with E-state index in [0.717, 1.165) is 16.2 Å². The highest BCUT2D eigenvalue weighted by Gasteiger charge is 2.31. The van der Waals surface area contributed by atoms with Gasteiger partial charge in [-0.05, 0) is 32.0 Å². The van der Waals surface area contributed by atoms with Crippen molar-refractivity contribution in [2.24, 2.45) is 0 Å². The Bertz CT molecular complexity index is 813. The molecular formula is C30H49O2PS. The first-order valence-electron chi connectivity index (χ1n) is 11.8. The summed E-state index contributed by atoms with van der Waals surface area (Å²) >= 11 is 1.36. The average Bonchev–Trinajstić information content (AvgIpc) is 2.90. The van der Waals surface area contributed by atoms with Gasteiger partial charge in [0.15, 0.2) is 7.14 Å². The van der Waals surface area contributed by atoms with E-state index in [4.69, 9.17) is 0 Å². The second-order valence-electron chi connectivity index (χ2n) is 5.51. The molecule has 1 aromatic carbocycles. The summed E-state index contributed by atoms with van der Waals surface area (Å²) in [5.74, 6) is 0. The highest BCUT2D eigenvalue weighted by atomic mass is 32.2. The molecule has 0 aliphatic carbocycles. The molecule has 0 N–H and O–H groups in total. The Morgan fingerprint density at radius 3 is 1.74 bits per heavy atom. The zero-order chi connectivity index (χ0) is 27.4. The second-order valence-corrected chi connectivity index (χ2v) is 8.95. The Morgan fingerprint density at radius 1 is 0.912 bits per heavy atom. The highest BCUT2D eigenvalue weighted by Crippen LogP contribution is 2.60. The van der Waals surface area contributed by atoms with Gasteiger partial charge in [-0.25, -0.2) is 0 Å². The van der Waals surface area contributed by atoms with Crippen LogP contribution in [0, 0.1) is 6.92 Å². The van der Waals surface area contributed by atoms with Crippen LogP contribution in [0.2, 0.25) is 0 Å². The van der Waals surface area contributed by atoms with Crippen molar-refractivity contribution in [3.8, 4) is 0 Å². The van der Waals surface area contributed by atoms with E-state index in [1.807, 2.05) is 104 Å². The van der Waals surface area contributed by atoms with Gasteiger partial charge in [-0.3, -0.25) is 0 Å². The minimum absolute atomic E-state index is 0.713. The smallest absolute Gasteiger partial charge is 0.170 e. The van der Waals surface area contributed by atoms with Crippen molar-refractivity contribution >= 4 is 24.5 Å². The molecular weight excluding hydrogens is 455 g/mol. The molecule has 1 rings (SSSR count). The quantitative estimate of drug-likeness (QED) is 0.190. The van der Waals surface area contributed by atoms with Gasteiger partial charge >= 0.3 is 0 Å². The average molecular weight is 505 g/mol. The normalized spacial score (nSPS) is 12.3. The van der Waals surface area contributed by atoms with Gasteiger partial charge < -0.3 is 8.75 Å². The maximum absolute atomic E-state index is 14.2. The predicted molar refractivity (Wildman–Crippen MR) is 164 cm³/mol. The van der Waals surface area contributed by atoms with Crippen LogP contribution in [0.5, 0.6) is 0 Å². The van der Waals surface area contributed by atoms with Gasteiger partial charge in [0.05, 0.1) is 7.11 Å². The fourth-order valence-corrected chi connectivity index (χ4v) is 5.22. The Morgan fingerprint density at radius 2 is 1.38 bits per heavy atom. The fraction of sp³-hybridized carbons (Fsp3) is 0.333. The summed E-state index contributed by atoms with van der Waals surface area (Å²) < 4.78 is 18.7. The molecule has 0 fully saturated rings. The first kappa shape index (κ1) is 39.2. The van der Waals surface area contributed by atoms with Gasteiger partial charge in [-0.1, -0.05) is 140 Å². The van der Waals surface area contributed by atoms with Gasteiger partial charge in [0, 0.05) is 22.2 Å². The summed E-state index contributed by atoms with van der Waals surface area (Å²) in [5, 5.41) is 2.27. The standard InChI is InChI=1S/C22H25OP.C2H6OS.3C2H6/c1-6-10-15-20(9-4)24(23,21(13-8-3)16-11-7-2)22-17-12-14-19(5)18-22;1-3-4-2;3*1-2/h6-18H,1-3H2,4-5H3;1-2H3;3*1-2H3/b15-10-,16-11-,20-9+,21-13+;;;;. The third-order valence-electron chi connectivity index (χ3n) is 3.65. The molecule has 1 aromatic rings. The lowest BCUT2D eigenvalue weighted by molar-refractivity contribution is 0.493. The molecule has 0 aliphatic rings. The van der Waals surface area contributed by atoms with Crippen molar-refractivity contribution < 1.29 is 8.75 Å². The third kappa shape index (κ3) is 15.7. The summed E-state index contributed by atoms with van der Waals surface area (Å²) in [6.45, 7) is 27.1. The Labute approximate surface area is 216 Å². The Kier molecular flexibility index (Phi) is 33.4.